The average molecular weight is 290 g/mol. The van der Waals surface area contributed by atoms with E-state index in [1.165, 1.54) is 19.1 Å². The van der Waals surface area contributed by atoms with E-state index in [2.05, 4.69) is 26.2 Å². The molecular weight excluding hydrogens is 260 g/mol. The molecule has 1 rings (SSSR count). The Morgan fingerprint density at radius 2 is 1.74 bits per heavy atom. The van der Waals surface area contributed by atoms with Crippen molar-refractivity contribution in [3.8, 4) is 0 Å². The number of hydrazine groups is 1. The van der Waals surface area contributed by atoms with Crippen LogP contribution >= 0.6 is 0 Å². The van der Waals surface area contributed by atoms with E-state index in [9.17, 15) is 8.42 Å². The van der Waals surface area contributed by atoms with Crippen molar-refractivity contribution >= 4 is 9.84 Å². The first-order valence-corrected chi connectivity index (χ1v) is 9.33. The predicted octanol–water partition coefficient (Wildman–Crippen LogP) is 2.11. The molecule has 1 aliphatic carbocycles. The third-order valence-corrected chi connectivity index (χ3v) is 5.56. The Balaban J connectivity index is 2.48. The summed E-state index contributed by atoms with van der Waals surface area (Å²) in [4.78, 5) is 0. The lowest BCUT2D eigenvalue weighted by atomic mass is 9.68. The molecule has 0 aromatic carbocycles. The van der Waals surface area contributed by atoms with Crippen molar-refractivity contribution in [2.75, 3.05) is 12.0 Å². The molecule has 0 aromatic rings. The summed E-state index contributed by atoms with van der Waals surface area (Å²) in [5.41, 5.74) is 3.21. The van der Waals surface area contributed by atoms with Crippen LogP contribution in [0.3, 0.4) is 0 Å². The van der Waals surface area contributed by atoms with Gasteiger partial charge in [0.1, 0.15) is 9.84 Å². The lowest BCUT2D eigenvalue weighted by Gasteiger charge is -2.39. The molecule has 1 fully saturated rings. The van der Waals surface area contributed by atoms with Crippen molar-refractivity contribution in [1.29, 1.82) is 0 Å². The molecule has 0 bridgehead atoms. The Labute approximate surface area is 118 Å². The van der Waals surface area contributed by atoms with Gasteiger partial charge in [0.25, 0.3) is 0 Å². The summed E-state index contributed by atoms with van der Waals surface area (Å²) >= 11 is 0. The van der Waals surface area contributed by atoms with Gasteiger partial charge in [-0.05, 0) is 49.4 Å². The topological polar surface area (TPSA) is 72.2 Å². The van der Waals surface area contributed by atoms with Gasteiger partial charge in [-0.25, -0.2) is 8.42 Å². The number of hydrogen-bond donors (Lipinski definition) is 2. The fraction of sp³-hybridized carbons (Fsp3) is 1.00. The van der Waals surface area contributed by atoms with Crippen LogP contribution in [0.4, 0.5) is 0 Å². The van der Waals surface area contributed by atoms with Gasteiger partial charge in [0.15, 0.2) is 0 Å². The van der Waals surface area contributed by atoms with Crippen LogP contribution in [0.15, 0.2) is 0 Å². The number of nitrogens with two attached hydrogens (primary N) is 1. The van der Waals surface area contributed by atoms with Crippen molar-refractivity contribution < 1.29 is 8.42 Å². The highest BCUT2D eigenvalue weighted by molar-refractivity contribution is 7.90. The fourth-order valence-electron chi connectivity index (χ4n) is 3.18. The van der Waals surface area contributed by atoms with E-state index < -0.39 is 9.84 Å². The molecule has 0 radical (unpaired) electrons. The van der Waals surface area contributed by atoms with E-state index in [1.807, 2.05) is 0 Å². The summed E-state index contributed by atoms with van der Waals surface area (Å²) in [6.45, 7) is 6.92. The Hall–Kier alpha value is -0.130. The summed E-state index contributed by atoms with van der Waals surface area (Å²) in [5.74, 6) is 7.13. The largest absolute Gasteiger partial charge is 0.271 e. The number of sulfone groups is 1. The number of nitrogens with one attached hydrogen (secondary N) is 1. The lowest BCUT2D eigenvalue weighted by molar-refractivity contribution is 0.131. The first-order valence-electron chi connectivity index (χ1n) is 7.27. The molecule has 0 saturated heterocycles. The predicted molar refractivity (Wildman–Crippen MR) is 80.3 cm³/mol. The van der Waals surface area contributed by atoms with Crippen LogP contribution in [-0.2, 0) is 9.84 Å². The molecular formula is C14H30N2O2S. The van der Waals surface area contributed by atoms with E-state index in [4.69, 9.17) is 5.84 Å². The van der Waals surface area contributed by atoms with Gasteiger partial charge in [-0.15, -0.1) is 0 Å². The van der Waals surface area contributed by atoms with Gasteiger partial charge in [-0.3, -0.25) is 11.3 Å². The molecule has 1 saturated carbocycles. The third kappa shape index (κ3) is 5.79. The van der Waals surface area contributed by atoms with Crippen LogP contribution in [0.2, 0.25) is 0 Å². The van der Waals surface area contributed by atoms with E-state index in [1.54, 1.807) is 0 Å². The van der Waals surface area contributed by atoms with Crippen LogP contribution in [0.5, 0.6) is 0 Å². The molecule has 114 valence electrons. The third-order valence-electron chi connectivity index (χ3n) is 4.58. The molecule has 1 unspecified atom stereocenters. The molecule has 0 aromatic heterocycles. The Morgan fingerprint density at radius 3 is 2.11 bits per heavy atom. The minimum Gasteiger partial charge on any atom is -0.271 e. The van der Waals surface area contributed by atoms with Crippen LogP contribution in [0, 0.1) is 17.3 Å². The van der Waals surface area contributed by atoms with Gasteiger partial charge in [-0.1, -0.05) is 20.8 Å². The first kappa shape index (κ1) is 16.9. The highest BCUT2D eigenvalue weighted by Crippen LogP contribution is 2.40. The van der Waals surface area contributed by atoms with Crippen LogP contribution in [0.1, 0.15) is 52.9 Å². The van der Waals surface area contributed by atoms with Crippen LogP contribution in [0.25, 0.3) is 0 Å². The maximum Gasteiger partial charge on any atom is 0.147 e. The zero-order valence-corrected chi connectivity index (χ0v) is 13.6. The average Bonchev–Trinajstić information content (AvgIpc) is 2.28. The zero-order valence-electron chi connectivity index (χ0n) is 12.8. The van der Waals surface area contributed by atoms with E-state index in [0.29, 0.717) is 17.8 Å². The molecule has 3 N–H and O–H groups in total. The minimum absolute atomic E-state index is 0.135. The molecule has 0 spiro atoms. The van der Waals surface area contributed by atoms with Crippen LogP contribution in [-0.4, -0.2) is 26.5 Å². The second-order valence-corrected chi connectivity index (χ2v) is 9.43. The second-order valence-electron chi connectivity index (χ2n) is 7.17. The second kappa shape index (κ2) is 6.55. The number of hydrogen-bond acceptors (Lipinski definition) is 4. The molecule has 1 atom stereocenters. The molecule has 19 heavy (non-hydrogen) atoms. The van der Waals surface area contributed by atoms with Gasteiger partial charge in [-0.2, -0.15) is 0 Å². The lowest BCUT2D eigenvalue weighted by Crippen LogP contribution is -2.44. The van der Waals surface area contributed by atoms with Crippen LogP contribution < -0.4 is 11.3 Å². The summed E-state index contributed by atoms with van der Waals surface area (Å²) in [5, 5.41) is 0. The smallest absolute Gasteiger partial charge is 0.147 e. The quantitative estimate of drug-likeness (QED) is 0.601. The molecule has 4 nitrogen and oxygen atoms in total. The van der Waals surface area contributed by atoms with Crippen molar-refractivity contribution in [3.63, 3.8) is 0 Å². The normalized spacial score (nSPS) is 27.2. The molecule has 0 heterocycles. The van der Waals surface area contributed by atoms with Crippen molar-refractivity contribution in [2.24, 2.45) is 23.1 Å². The number of rotatable bonds is 5. The fourth-order valence-corrected chi connectivity index (χ4v) is 3.87. The standard InChI is InChI=1S/C14H30N2O2S/c1-14(2,3)12-7-5-11(6-8-12)13(16-15)9-10-19(4,17)18/h11-13,16H,5-10,15H2,1-4H3. The molecule has 5 heteroatoms. The SMILES string of the molecule is CC(C)(C)C1CCC(C(CCS(C)(=O)=O)NN)CC1. The first-order chi connectivity index (χ1) is 8.63. The van der Waals surface area contributed by atoms with Crippen molar-refractivity contribution in [3.05, 3.63) is 0 Å². The minimum atomic E-state index is -2.90. The Bertz CT molecular complexity index is 365. The zero-order chi connectivity index (χ0) is 14.7. The van der Waals surface area contributed by atoms with Crippen molar-refractivity contribution in [1.82, 2.24) is 5.43 Å². The van der Waals surface area contributed by atoms with E-state index >= 15 is 0 Å². The summed E-state index contributed by atoms with van der Waals surface area (Å²) in [7, 11) is -2.90. The molecule has 0 aliphatic heterocycles. The Morgan fingerprint density at radius 1 is 1.21 bits per heavy atom. The van der Waals surface area contributed by atoms with Gasteiger partial charge in [0.05, 0.1) is 5.75 Å². The van der Waals surface area contributed by atoms with Crippen molar-refractivity contribution in [2.45, 2.75) is 58.9 Å². The molecule has 1 aliphatic rings. The maximum absolute atomic E-state index is 11.2. The van der Waals surface area contributed by atoms with E-state index in [-0.39, 0.29) is 11.8 Å². The summed E-state index contributed by atoms with van der Waals surface area (Å²) in [6, 6.07) is 0.135. The van der Waals surface area contributed by atoms with Gasteiger partial charge in [0.2, 0.25) is 0 Å². The highest BCUT2D eigenvalue weighted by atomic mass is 32.2. The van der Waals surface area contributed by atoms with Gasteiger partial charge < -0.3 is 0 Å². The maximum atomic E-state index is 11.2. The molecule has 0 amide bonds. The Kier molecular flexibility index (Phi) is 5.83. The van der Waals surface area contributed by atoms with E-state index in [0.717, 1.165) is 18.8 Å². The monoisotopic (exact) mass is 290 g/mol. The summed E-state index contributed by atoms with van der Waals surface area (Å²) < 4.78 is 22.5. The van der Waals surface area contributed by atoms with Gasteiger partial charge in [0, 0.05) is 12.3 Å². The summed E-state index contributed by atoms with van der Waals surface area (Å²) in [6.07, 6.45) is 6.68. The highest BCUT2D eigenvalue weighted by Gasteiger charge is 2.32. The van der Waals surface area contributed by atoms with Gasteiger partial charge >= 0.3 is 0 Å².